The Hall–Kier alpha value is -1.76. The van der Waals surface area contributed by atoms with E-state index in [9.17, 15) is 9.18 Å². The lowest BCUT2D eigenvalue weighted by Crippen LogP contribution is -2.49. The molecule has 1 saturated heterocycles. The molecule has 2 heterocycles. The molecule has 1 aromatic carbocycles. The van der Waals surface area contributed by atoms with Crippen LogP contribution in [0, 0.1) is 5.82 Å². The van der Waals surface area contributed by atoms with Crippen molar-refractivity contribution >= 4 is 17.2 Å². The largest absolute Gasteiger partial charge is 0.348 e. The van der Waals surface area contributed by atoms with Gasteiger partial charge in [0.05, 0.1) is 12.6 Å². The normalized spacial score (nSPS) is 17.4. The Labute approximate surface area is 152 Å². The van der Waals surface area contributed by atoms with E-state index in [1.54, 1.807) is 23.5 Å². The van der Waals surface area contributed by atoms with E-state index in [1.807, 2.05) is 6.92 Å². The summed E-state index contributed by atoms with van der Waals surface area (Å²) in [5.74, 6) is -0.244. The predicted molar refractivity (Wildman–Crippen MR) is 99.0 cm³/mol. The molecular weight excluding hydrogens is 337 g/mol. The standard InChI is InChI=1S/C19H24FN3OS/c1-15(16-4-6-17(20)7-5-16)21-19(24)14-23-10-8-22(9-11-23)13-18-3-2-12-25-18/h2-7,12,15H,8-11,13-14H2,1H3,(H,21,24)/t15-/m0/s1. The van der Waals surface area contributed by atoms with E-state index in [0.29, 0.717) is 6.54 Å². The predicted octanol–water partition coefficient (Wildman–Crippen LogP) is 2.88. The van der Waals surface area contributed by atoms with E-state index < -0.39 is 0 Å². The molecule has 134 valence electrons. The molecule has 0 saturated carbocycles. The third-order valence-electron chi connectivity index (χ3n) is 4.54. The number of nitrogens with one attached hydrogen (secondary N) is 1. The van der Waals surface area contributed by atoms with Gasteiger partial charge in [-0.3, -0.25) is 14.6 Å². The molecule has 0 bridgehead atoms. The number of amides is 1. The molecule has 1 atom stereocenters. The minimum absolute atomic E-state index is 0.0172. The number of nitrogens with zero attached hydrogens (tertiary/aromatic N) is 2. The molecule has 3 rings (SSSR count). The lowest BCUT2D eigenvalue weighted by atomic mass is 10.1. The molecule has 1 N–H and O–H groups in total. The smallest absolute Gasteiger partial charge is 0.234 e. The van der Waals surface area contributed by atoms with Gasteiger partial charge >= 0.3 is 0 Å². The molecule has 4 nitrogen and oxygen atoms in total. The molecule has 1 fully saturated rings. The Balaban J connectivity index is 1.40. The van der Waals surface area contributed by atoms with Crippen molar-refractivity contribution in [2.24, 2.45) is 0 Å². The number of thiophene rings is 1. The Bertz CT molecular complexity index is 666. The second-order valence-corrected chi connectivity index (χ2v) is 7.50. The number of piperazine rings is 1. The van der Waals surface area contributed by atoms with Gasteiger partial charge in [-0.15, -0.1) is 11.3 Å². The summed E-state index contributed by atoms with van der Waals surface area (Å²) in [6.07, 6.45) is 0. The fraction of sp³-hybridized carbons (Fsp3) is 0.421. The second kappa shape index (κ2) is 8.56. The van der Waals surface area contributed by atoms with Crippen LogP contribution >= 0.6 is 11.3 Å². The van der Waals surface area contributed by atoms with Crippen LogP contribution in [-0.2, 0) is 11.3 Å². The molecule has 1 aliphatic heterocycles. The third kappa shape index (κ3) is 5.36. The average molecular weight is 361 g/mol. The zero-order valence-electron chi connectivity index (χ0n) is 14.5. The van der Waals surface area contributed by atoms with Crippen molar-refractivity contribution in [2.75, 3.05) is 32.7 Å². The quantitative estimate of drug-likeness (QED) is 0.859. The van der Waals surface area contributed by atoms with Gasteiger partial charge in [-0.05, 0) is 36.1 Å². The van der Waals surface area contributed by atoms with Gasteiger partial charge in [-0.25, -0.2) is 4.39 Å². The number of carbonyl (C=O) groups is 1. The molecule has 1 aromatic heterocycles. The van der Waals surface area contributed by atoms with Crippen molar-refractivity contribution < 1.29 is 9.18 Å². The van der Waals surface area contributed by atoms with E-state index in [-0.39, 0.29) is 17.8 Å². The highest BCUT2D eigenvalue weighted by molar-refractivity contribution is 7.09. The summed E-state index contributed by atoms with van der Waals surface area (Å²) in [5, 5.41) is 5.10. The Morgan fingerprint density at radius 1 is 1.16 bits per heavy atom. The van der Waals surface area contributed by atoms with Crippen molar-refractivity contribution in [3.63, 3.8) is 0 Å². The summed E-state index contributed by atoms with van der Waals surface area (Å²) in [7, 11) is 0. The molecule has 6 heteroatoms. The van der Waals surface area contributed by atoms with Crippen molar-refractivity contribution in [1.82, 2.24) is 15.1 Å². The molecule has 1 amide bonds. The second-order valence-electron chi connectivity index (χ2n) is 6.47. The summed E-state index contributed by atoms with van der Waals surface area (Å²) in [6.45, 7) is 7.12. The minimum Gasteiger partial charge on any atom is -0.348 e. The maximum atomic E-state index is 13.0. The minimum atomic E-state index is -0.261. The van der Waals surface area contributed by atoms with Crippen LogP contribution in [0.2, 0.25) is 0 Å². The van der Waals surface area contributed by atoms with E-state index in [1.165, 1.54) is 17.0 Å². The molecule has 0 radical (unpaired) electrons. The van der Waals surface area contributed by atoms with Crippen LogP contribution < -0.4 is 5.32 Å². The van der Waals surface area contributed by atoms with Gasteiger partial charge in [0.2, 0.25) is 5.91 Å². The Morgan fingerprint density at radius 3 is 2.48 bits per heavy atom. The van der Waals surface area contributed by atoms with Crippen LogP contribution in [-0.4, -0.2) is 48.4 Å². The van der Waals surface area contributed by atoms with Gasteiger partial charge in [0.1, 0.15) is 5.82 Å². The number of hydrogen-bond donors (Lipinski definition) is 1. The first-order chi connectivity index (χ1) is 12.1. The lowest BCUT2D eigenvalue weighted by Gasteiger charge is -2.34. The summed E-state index contributed by atoms with van der Waals surface area (Å²) >= 11 is 1.79. The fourth-order valence-corrected chi connectivity index (χ4v) is 3.80. The highest BCUT2D eigenvalue weighted by Crippen LogP contribution is 2.14. The topological polar surface area (TPSA) is 35.6 Å². The third-order valence-corrected chi connectivity index (χ3v) is 5.40. The molecule has 0 spiro atoms. The number of rotatable bonds is 6. The van der Waals surface area contributed by atoms with Crippen LogP contribution in [0.15, 0.2) is 41.8 Å². The molecule has 25 heavy (non-hydrogen) atoms. The number of benzene rings is 1. The van der Waals surface area contributed by atoms with Gasteiger partial charge in [-0.1, -0.05) is 18.2 Å². The Morgan fingerprint density at radius 2 is 1.84 bits per heavy atom. The van der Waals surface area contributed by atoms with Crippen LogP contribution in [0.3, 0.4) is 0 Å². The lowest BCUT2D eigenvalue weighted by molar-refractivity contribution is -0.123. The molecular formula is C19H24FN3OS. The first-order valence-electron chi connectivity index (χ1n) is 8.62. The van der Waals surface area contributed by atoms with Crippen molar-refractivity contribution in [3.8, 4) is 0 Å². The first-order valence-corrected chi connectivity index (χ1v) is 9.50. The van der Waals surface area contributed by atoms with Crippen molar-refractivity contribution in [1.29, 1.82) is 0 Å². The zero-order valence-corrected chi connectivity index (χ0v) is 15.3. The highest BCUT2D eigenvalue weighted by Gasteiger charge is 2.20. The highest BCUT2D eigenvalue weighted by atomic mass is 32.1. The Kier molecular flexibility index (Phi) is 6.18. The van der Waals surface area contributed by atoms with Crippen LogP contribution in [0.25, 0.3) is 0 Å². The van der Waals surface area contributed by atoms with Crippen LogP contribution in [0.4, 0.5) is 4.39 Å². The molecule has 0 aliphatic carbocycles. The van der Waals surface area contributed by atoms with Crippen LogP contribution in [0.5, 0.6) is 0 Å². The van der Waals surface area contributed by atoms with Crippen molar-refractivity contribution in [3.05, 3.63) is 58.0 Å². The zero-order chi connectivity index (χ0) is 17.6. The molecule has 0 unspecified atom stereocenters. The SMILES string of the molecule is C[C@H](NC(=O)CN1CCN(Cc2cccs2)CC1)c1ccc(F)cc1. The van der Waals surface area contributed by atoms with Crippen molar-refractivity contribution in [2.45, 2.75) is 19.5 Å². The fourth-order valence-electron chi connectivity index (χ4n) is 3.05. The van der Waals surface area contributed by atoms with E-state index >= 15 is 0 Å². The summed E-state index contributed by atoms with van der Waals surface area (Å²) in [6, 6.07) is 10.4. The molecule has 1 aliphatic rings. The van der Waals surface area contributed by atoms with E-state index in [2.05, 4.69) is 32.6 Å². The monoisotopic (exact) mass is 361 g/mol. The van der Waals surface area contributed by atoms with E-state index in [4.69, 9.17) is 0 Å². The van der Waals surface area contributed by atoms with E-state index in [0.717, 1.165) is 38.3 Å². The van der Waals surface area contributed by atoms with Gasteiger partial charge in [-0.2, -0.15) is 0 Å². The first kappa shape index (κ1) is 18.0. The summed E-state index contributed by atoms with van der Waals surface area (Å²) in [4.78, 5) is 18.3. The van der Waals surface area contributed by atoms with Gasteiger partial charge in [0, 0.05) is 37.6 Å². The maximum Gasteiger partial charge on any atom is 0.234 e. The number of halogens is 1. The molecule has 2 aromatic rings. The summed E-state index contributed by atoms with van der Waals surface area (Å²) < 4.78 is 13.0. The van der Waals surface area contributed by atoms with Crippen LogP contribution in [0.1, 0.15) is 23.4 Å². The number of carbonyl (C=O) groups excluding carboxylic acids is 1. The maximum absolute atomic E-state index is 13.0. The van der Waals surface area contributed by atoms with Gasteiger partial charge in [0.15, 0.2) is 0 Å². The number of hydrogen-bond acceptors (Lipinski definition) is 4. The average Bonchev–Trinajstić information content (AvgIpc) is 3.10. The summed E-state index contributed by atoms with van der Waals surface area (Å²) in [5.41, 5.74) is 0.913. The van der Waals surface area contributed by atoms with Gasteiger partial charge < -0.3 is 5.32 Å². The van der Waals surface area contributed by atoms with Gasteiger partial charge in [0.25, 0.3) is 0 Å².